The summed E-state index contributed by atoms with van der Waals surface area (Å²) in [6.07, 6.45) is 7.56. The van der Waals surface area contributed by atoms with E-state index in [2.05, 4.69) is 10.0 Å². The van der Waals surface area contributed by atoms with Crippen LogP contribution in [0.1, 0.15) is 44.9 Å². The molecule has 3 rings (SSSR count). The molecule has 2 N–H and O–H groups in total. The van der Waals surface area contributed by atoms with Crippen molar-refractivity contribution in [2.45, 2.75) is 63.1 Å². The standard InChI is InChI=1S/C14H26N2O3S/c17-20(18,10-2-1-8-15-12-5-6-12)16-13-7-9-19-14(13)11-3-4-11/h11-16H,1-10H2. The van der Waals surface area contributed by atoms with E-state index in [0.717, 1.165) is 25.8 Å². The van der Waals surface area contributed by atoms with Crippen LogP contribution in [0, 0.1) is 5.92 Å². The fourth-order valence-corrected chi connectivity index (χ4v) is 4.34. The summed E-state index contributed by atoms with van der Waals surface area (Å²) in [6.45, 7) is 1.64. The molecule has 1 saturated heterocycles. The van der Waals surface area contributed by atoms with E-state index in [4.69, 9.17) is 4.74 Å². The highest BCUT2D eigenvalue weighted by Gasteiger charge is 2.41. The van der Waals surface area contributed by atoms with Crippen LogP contribution in [-0.2, 0) is 14.8 Å². The highest BCUT2D eigenvalue weighted by atomic mass is 32.2. The lowest BCUT2D eigenvalue weighted by atomic mass is 10.1. The summed E-state index contributed by atoms with van der Waals surface area (Å²) in [6, 6.07) is 0.719. The summed E-state index contributed by atoms with van der Waals surface area (Å²) in [5, 5.41) is 3.41. The van der Waals surface area contributed by atoms with Gasteiger partial charge in [0.1, 0.15) is 0 Å². The molecule has 20 heavy (non-hydrogen) atoms. The average molecular weight is 302 g/mol. The molecule has 0 aromatic rings. The number of unbranched alkanes of at least 4 members (excludes halogenated alkanes) is 1. The fourth-order valence-electron chi connectivity index (χ4n) is 2.93. The number of nitrogens with one attached hydrogen (secondary N) is 2. The average Bonchev–Trinajstić information content (AvgIpc) is 3.30. The number of rotatable bonds is 9. The molecule has 0 amide bonds. The lowest BCUT2D eigenvalue weighted by molar-refractivity contribution is 0.0848. The van der Waals surface area contributed by atoms with Crippen LogP contribution in [0.3, 0.4) is 0 Å². The zero-order valence-electron chi connectivity index (χ0n) is 12.0. The largest absolute Gasteiger partial charge is 0.376 e. The summed E-state index contributed by atoms with van der Waals surface area (Å²) in [5.41, 5.74) is 0. The lowest BCUT2D eigenvalue weighted by Gasteiger charge is -2.19. The van der Waals surface area contributed by atoms with Gasteiger partial charge in [-0.1, -0.05) is 0 Å². The van der Waals surface area contributed by atoms with E-state index in [-0.39, 0.29) is 17.9 Å². The molecular formula is C14H26N2O3S. The molecule has 5 nitrogen and oxygen atoms in total. The second kappa shape index (κ2) is 6.30. The summed E-state index contributed by atoms with van der Waals surface area (Å²) < 4.78 is 32.7. The van der Waals surface area contributed by atoms with Crippen molar-refractivity contribution in [2.75, 3.05) is 18.9 Å². The second-order valence-electron chi connectivity index (χ2n) is 6.44. The van der Waals surface area contributed by atoms with Crippen molar-refractivity contribution >= 4 is 10.0 Å². The molecule has 0 aromatic carbocycles. The summed E-state index contributed by atoms with van der Waals surface area (Å²) in [7, 11) is -3.15. The number of hydrogen-bond donors (Lipinski definition) is 2. The van der Waals surface area contributed by atoms with E-state index in [1.165, 1.54) is 25.7 Å². The Morgan fingerprint density at radius 1 is 1.05 bits per heavy atom. The summed E-state index contributed by atoms with van der Waals surface area (Å²) in [4.78, 5) is 0. The van der Waals surface area contributed by atoms with Crippen molar-refractivity contribution in [1.82, 2.24) is 10.0 Å². The third kappa shape index (κ3) is 4.41. The van der Waals surface area contributed by atoms with Gasteiger partial charge < -0.3 is 10.1 Å². The monoisotopic (exact) mass is 302 g/mol. The molecule has 2 atom stereocenters. The molecule has 1 heterocycles. The molecule has 3 aliphatic rings. The molecule has 2 saturated carbocycles. The van der Waals surface area contributed by atoms with Gasteiger partial charge in [0.15, 0.2) is 0 Å². The van der Waals surface area contributed by atoms with Gasteiger partial charge >= 0.3 is 0 Å². The maximum absolute atomic E-state index is 12.1. The minimum absolute atomic E-state index is 0.0112. The zero-order chi connectivity index (χ0) is 14.0. The van der Waals surface area contributed by atoms with Crippen LogP contribution in [0.4, 0.5) is 0 Å². The van der Waals surface area contributed by atoms with Gasteiger partial charge in [-0.25, -0.2) is 13.1 Å². The third-order valence-electron chi connectivity index (χ3n) is 4.40. The van der Waals surface area contributed by atoms with Crippen LogP contribution in [-0.4, -0.2) is 45.5 Å². The number of hydrogen-bond acceptors (Lipinski definition) is 4. The van der Waals surface area contributed by atoms with Gasteiger partial charge in [-0.05, 0) is 57.4 Å². The first kappa shape index (κ1) is 14.8. The Morgan fingerprint density at radius 2 is 1.85 bits per heavy atom. The van der Waals surface area contributed by atoms with Crippen molar-refractivity contribution in [3.63, 3.8) is 0 Å². The predicted octanol–water partition coefficient (Wildman–Crippen LogP) is 1.01. The van der Waals surface area contributed by atoms with Crippen LogP contribution >= 0.6 is 0 Å². The molecular weight excluding hydrogens is 276 g/mol. The van der Waals surface area contributed by atoms with Crippen LogP contribution in [0.2, 0.25) is 0 Å². The van der Waals surface area contributed by atoms with Crippen LogP contribution < -0.4 is 10.0 Å². The van der Waals surface area contributed by atoms with Gasteiger partial charge in [0.05, 0.1) is 17.9 Å². The molecule has 2 aliphatic carbocycles. The number of ether oxygens (including phenoxy) is 1. The third-order valence-corrected chi connectivity index (χ3v) is 5.89. The highest BCUT2D eigenvalue weighted by Crippen LogP contribution is 2.38. The second-order valence-corrected chi connectivity index (χ2v) is 8.31. The molecule has 3 fully saturated rings. The first-order valence-electron chi connectivity index (χ1n) is 7.99. The lowest BCUT2D eigenvalue weighted by Crippen LogP contribution is -2.42. The molecule has 116 valence electrons. The normalized spacial score (nSPS) is 30.8. The highest BCUT2D eigenvalue weighted by molar-refractivity contribution is 7.89. The predicted molar refractivity (Wildman–Crippen MR) is 78.1 cm³/mol. The Balaban J connectivity index is 1.36. The Bertz CT molecular complexity index is 418. The first-order valence-corrected chi connectivity index (χ1v) is 9.64. The minimum Gasteiger partial charge on any atom is -0.376 e. The minimum atomic E-state index is -3.15. The van der Waals surface area contributed by atoms with Gasteiger partial charge in [-0.3, -0.25) is 0 Å². The molecule has 0 radical (unpaired) electrons. The maximum Gasteiger partial charge on any atom is 0.211 e. The maximum atomic E-state index is 12.1. The molecule has 0 aromatic heterocycles. The van der Waals surface area contributed by atoms with Crippen LogP contribution in [0.25, 0.3) is 0 Å². The van der Waals surface area contributed by atoms with Gasteiger partial charge in [0.2, 0.25) is 10.0 Å². The zero-order valence-corrected chi connectivity index (χ0v) is 12.8. The Kier molecular flexibility index (Phi) is 4.65. The van der Waals surface area contributed by atoms with Crippen LogP contribution in [0.15, 0.2) is 0 Å². The summed E-state index contributed by atoms with van der Waals surface area (Å²) >= 11 is 0. The smallest absolute Gasteiger partial charge is 0.211 e. The van der Waals surface area contributed by atoms with Gasteiger partial charge in [0, 0.05) is 12.6 Å². The summed E-state index contributed by atoms with van der Waals surface area (Å²) in [5.74, 6) is 0.834. The molecule has 1 aliphatic heterocycles. The van der Waals surface area contributed by atoms with Crippen molar-refractivity contribution in [3.05, 3.63) is 0 Å². The van der Waals surface area contributed by atoms with Gasteiger partial charge in [-0.15, -0.1) is 0 Å². The first-order chi connectivity index (χ1) is 9.64. The van der Waals surface area contributed by atoms with Crippen molar-refractivity contribution in [2.24, 2.45) is 5.92 Å². The topological polar surface area (TPSA) is 67.4 Å². The molecule has 6 heteroatoms. The van der Waals surface area contributed by atoms with E-state index in [1.807, 2.05) is 0 Å². The Labute approximate surface area is 121 Å². The quantitative estimate of drug-likeness (QED) is 0.624. The fraction of sp³-hybridized carbons (Fsp3) is 1.00. The van der Waals surface area contributed by atoms with E-state index >= 15 is 0 Å². The van der Waals surface area contributed by atoms with Crippen molar-refractivity contribution in [1.29, 1.82) is 0 Å². The van der Waals surface area contributed by atoms with E-state index < -0.39 is 10.0 Å². The van der Waals surface area contributed by atoms with E-state index in [9.17, 15) is 8.42 Å². The Morgan fingerprint density at radius 3 is 2.55 bits per heavy atom. The van der Waals surface area contributed by atoms with Crippen molar-refractivity contribution in [3.8, 4) is 0 Å². The van der Waals surface area contributed by atoms with Gasteiger partial charge in [-0.2, -0.15) is 0 Å². The molecule has 0 bridgehead atoms. The van der Waals surface area contributed by atoms with Crippen LogP contribution in [0.5, 0.6) is 0 Å². The molecule has 2 unspecified atom stereocenters. The molecule has 0 spiro atoms. The van der Waals surface area contributed by atoms with E-state index in [0.29, 0.717) is 18.6 Å². The SMILES string of the molecule is O=S(=O)(CCCCNC1CC1)NC1CCOC1C1CC1. The Hall–Kier alpha value is -0.170. The van der Waals surface area contributed by atoms with Gasteiger partial charge in [0.25, 0.3) is 0 Å². The van der Waals surface area contributed by atoms with Crippen molar-refractivity contribution < 1.29 is 13.2 Å². The van der Waals surface area contributed by atoms with E-state index in [1.54, 1.807) is 0 Å². The number of sulfonamides is 1.